The molecule has 0 rings (SSSR count). The van der Waals surface area contributed by atoms with Crippen LogP contribution in [-0.2, 0) is 9.53 Å². The van der Waals surface area contributed by atoms with Crippen molar-refractivity contribution in [3.8, 4) is 0 Å². The largest absolute Gasteiger partial charge is 0.384 e. The first kappa shape index (κ1) is 12.8. The van der Waals surface area contributed by atoms with E-state index in [4.69, 9.17) is 4.74 Å². The number of ether oxygens (including phenoxy) is 1. The fourth-order valence-electron chi connectivity index (χ4n) is 0.333. The lowest BCUT2D eigenvalue weighted by Crippen LogP contribution is -2.04. The van der Waals surface area contributed by atoms with Gasteiger partial charge in [-0.2, -0.15) is 0 Å². The third-order valence-electron chi connectivity index (χ3n) is 0.701. The minimum Gasteiger partial charge on any atom is -0.384 e. The van der Waals surface area contributed by atoms with E-state index in [9.17, 15) is 4.79 Å². The Morgan fingerprint density at radius 1 is 1.73 bits per heavy atom. The Balaban J connectivity index is 0. The molecule has 0 aliphatic heterocycles. The quantitative estimate of drug-likeness (QED) is 0.623. The first-order valence-electron chi connectivity index (χ1n) is 3.45. The average Bonchev–Trinajstić information content (AvgIpc) is 1.89. The summed E-state index contributed by atoms with van der Waals surface area (Å²) in [5.74, 6) is 0.194. The van der Waals surface area contributed by atoms with Gasteiger partial charge in [-0.05, 0) is 12.0 Å². The smallest absolute Gasteiger partial charge is 0.240 e. The lowest BCUT2D eigenvalue weighted by Gasteiger charge is -1.97. The molecule has 1 amide bonds. The Morgan fingerprint density at radius 2 is 2.09 bits per heavy atom. The van der Waals surface area contributed by atoms with E-state index in [2.05, 4.69) is 26.2 Å². The zero-order chi connectivity index (χ0) is 9.28. The van der Waals surface area contributed by atoms with Crippen molar-refractivity contribution in [2.45, 2.75) is 13.8 Å². The van der Waals surface area contributed by atoms with Gasteiger partial charge in [0.05, 0.1) is 0 Å². The predicted molar refractivity (Wildman–Crippen MR) is 46.1 cm³/mol. The summed E-state index contributed by atoms with van der Waals surface area (Å²) in [7, 11) is 1.72. The summed E-state index contributed by atoms with van der Waals surface area (Å²) in [5.41, 5.74) is 4.53. The normalized spacial score (nSPS) is 8.36. The number of rotatable bonds is 3. The minimum atomic E-state index is -0.481. The molecule has 0 aliphatic rings. The highest BCUT2D eigenvalue weighted by Crippen LogP contribution is 1.88. The first-order valence-corrected chi connectivity index (χ1v) is 3.45. The van der Waals surface area contributed by atoms with Gasteiger partial charge in [0.1, 0.15) is 0 Å². The number of primary amides is 1. The van der Waals surface area contributed by atoms with Crippen molar-refractivity contribution in [3.63, 3.8) is 0 Å². The van der Waals surface area contributed by atoms with E-state index in [1.165, 1.54) is 0 Å². The molecule has 0 aliphatic carbocycles. The molecule has 0 atom stereocenters. The van der Waals surface area contributed by atoms with Crippen LogP contribution in [-0.4, -0.2) is 19.6 Å². The van der Waals surface area contributed by atoms with Crippen molar-refractivity contribution < 1.29 is 9.53 Å². The lowest BCUT2D eigenvalue weighted by molar-refractivity contribution is -0.113. The molecule has 11 heavy (non-hydrogen) atoms. The van der Waals surface area contributed by atoms with Crippen LogP contribution in [0.1, 0.15) is 13.8 Å². The zero-order valence-corrected chi connectivity index (χ0v) is 7.46. The molecule has 66 valence electrons. The molecule has 0 saturated heterocycles. The molecule has 0 bridgehead atoms. The monoisotopic (exact) mass is 159 g/mol. The van der Waals surface area contributed by atoms with Crippen molar-refractivity contribution in [1.82, 2.24) is 0 Å². The maximum Gasteiger partial charge on any atom is 0.240 e. The van der Waals surface area contributed by atoms with Crippen molar-refractivity contribution in [2.24, 2.45) is 11.7 Å². The van der Waals surface area contributed by atoms with Crippen molar-refractivity contribution >= 4 is 5.91 Å². The summed E-state index contributed by atoms with van der Waals surface area (Å²) in [6, 6.07) is 0. The molecular weight excluding hydrogens is 142 g/mol. The summed E-state index contributed by atoms with van der Waals surface area (Å²) in [5, 5.41) is 0. The van der Waals surface area contributed by atoms with Crippen LogP contribution in [0, 0.1) is 5.92 Å². The molecule has 0 aromatic heterocycles. The topological polar surface area (TPSA) is 52.3 Å². The summed E-state index contributed by atoms with van der Waals surface area (Å²) in [4.78, 5) is 9.47. The minimum absolute atomic E-state index is 0.481. The Hall–Kier alpha value is -0.830. The molecule has 0 spiro atoms. The molecule has 0 aromatic rings. The van der Waals surface area contributed by atoms with Crippen molar-refractivity contribution in [2.75, 3.05) is 13.7 Å². The van der Waals surface area contributed by atoms with Crippen LogP contribution in [0.5, 0.6) is 0 Å². The number of hydrogen-bond acceptors (Lipinski definition) is 2. The van der Waals surface area contributed by atoms with Gasteiger partial charge in [0.25, 0.3) is 0 Å². The third kappa shape index (κ3) is 27.1. The highest BCUT2D eigenvalue weighted by Gasteiger charge is 1.85. The molecule has 0 fully saturated rings. The predicted octanol–water partition coefficient (Wildman–Crippen LogP) is 0.946. The number of carbonyl (C=O) groups is 1. The molecule has 0 heterocycles. The van der Waals surface area contributed by atoms with Crippen LogP contribution in [0.2, 0.25) is 0 Å². The molecule has 0 unspecified atom stereocenters. The number of nitrogens with two attached hydrogens (primary N) is 1. The second-order valence-corrected chi connectivity index (χ2v) is 2.46. The van der Waals surface area contributed by atoms with E-state index < -0.39 is 5.91 Å². The van der Waals surface area contributed by atoms with Crippen LogP contribution in [0.15, 0.2) is 12.7 Å². The number of carbonyl (C=O) groups excluding carboxylic acids is 1. The standard InChI is InChI=1S/C5H12O.C3H5NO/c1-5(2)4-6-3;1-2-3(4)5/h5H,4H2,1-3H3;2H,1H2,(H2,4,5). The van der Waals surface area contributed by atoms with Crippen LogP contribution >= 0.6 is 0 Å². The number of hydrogen-bond donors (Lipinski definition) is 1. The third-order valence-corrected chi connectivity index (χ3v) is 0.701. The Labute approximate surface area is 68.2 Å². The molecule has 3 nitrogen and oxygen atoms in total. The maximum atomic E-state index is 9.47. The highest BCUT2D eigenvalue weighted by molar-refractivity contribution is 5.84. The average molecular weight is 159 g/mol. The van der Waals surface area contributed by atoms with E-state index in [1.54, 1.807) is 7.11 Å². The van der Waals surface area contributed by atoms with E-state index >= 15 is 0 Å². The molecular formula is C8H17NO2. The zero-order valence-electron chi connectivity index (χ0n) is 7.46. The SMILES string of the molecule is C=CC(N)=O.COCC(C)C. The fourth-order valence-corrected chi connectivity index (χ4v) is 0.333. The highest BCUT2D eigenvalue weighted by atomic mass is 16.5. The molecule has 3 heteroatoms. The fraction of sp³-hybridized carbons (Fsp3) is 0.625. The van der Waals surface area contributed by atoms with E-state index in [0.29, 0.717) is 5.92 Å². The first-order chi connectivity index (χ1) is 5.04. The van der Waals surface area contributed by atoms with Gasteiger partial charge < -0.3 is 10.5 Å². The van der Waals surface area contributed by atoms with E-state index in [1.807, 2.05) is 0 Å². The van der Waals surface area contributed by atoms with E-state index in [-0.39, 0.29) is 0 Å². The van der Waals surface area contributed by atoms with Gasteiger partial charge in [0.2, 0.25) is 5.91 Å². The summed E-state index contributed by atoms with van der Waals surface area (Å²) in [6.07, 6.45) is 1.06. The van der Waals surface area contributed by atoms with Crippen LogP contribution < -0.4 is 5.73 Å². The van der Waals surface area contributed by atoms with E-state index in [0.717, 1.165) is 12.7 Å². The van der Waals surface area contributed by atoms with Crippen molar-refractivity contribution in [3.05, 3.63) is 12.7 Å². The Morgan fingerprint density at radius 3 is 2.09 bits per heavy atom. The molecule has 0 saturated carbocycles. The van der Waals surface area contributed by atoms with Gasteiger partial charge in [-0.1, -0.05) is 20.4 Å². The Bertz CT molecular complexity index is 111. The molecule has 2 N–H and O–H groups in total. The van der Waals surface area contributed by atoms with Gasteiger partial charge >= 0.3 is 0 Å². The van der Waals surface area contributed by atoms with Gasteiger partial charge in [0.15, 0.2) is 0 Å². The maximum absolute atomic E-state index is 9.47. The number of amides is 1. The van der Waals surface area contributed by atoms with Gasteiger partial charge in [-0.3, -0.25) is 4.79 Å². The van der Waals surface area contributed by atoms with Crippen LogP contribution in [0.25, 0.3) is 0 Å². The second-order valence-electron chi connectivity index (χ2n) is 2.46. The van der Waals surface area contributed by atoms with Gasteiger partial charge in [-0.25, -0.2) is 0 Å². The number of methoxy groups -OCH3 is 1. The van der Waals surface area contributed by atoms with Crippen LogP contribution in [0.3, 0.4) is 0 Å². The van der Waals surface area contributed by atoms with Crippen LogP contribution in [0.4, 0.5) is 0 Å². The molecule has 0 aromatic carbocycles. The summed E-state index contributed by atoms with van der Waals surface area (Å²) < 4.78 is 4.80. The lowest BCUT2D eigenvalue weighted by atomic mass is 10.2. The van der Waals surface area contributed by atoms with Gasteiger partial charge in [-0.15, -0.1) is 0 Å². The van der Waals surface area contributed by atoms with Gasteiger partial charge in [0, 0.05) is 13.7 Å². The summed E-state index contributed by atoms with van der Waals surface area (Å²) >= 11 is 0. The second kappa shape index (κ2) is 9.17. The molecule has 0 radical (unpaired) electrons. The van der Waals surface area contributed by atoms with Crippen molar-refractivity contribution in [1.29, 1.82) is 0 Å². The Kier molecular flexibility index (Phi) is 10.7. The summed E-state index contributed by atoms with van der Waals surface area (Å²) in [6.45, 7) is 8.22.